The second kappa shape index (κ2) is 7.66. The third-order valence-electron chi connectivity index (χ3n) is 5.82. The zero-order valence-corrected chi connectivity index (χ0v) is 17.7. The van der Waals surface area contributed by atoms with Crippen molar-refractivity contribution in [1.29, 1.82) is 0 Å². The molecular weight excluding hydrogens is 424 g/mol. The number of carbonyl (C=O) groups is 1. The molecule has 2 aromatic carbocycles. The van der Waals surface area contributed by atoms with E-state index in [0.717, 1.165) is 22.5 Å². The minimum Gasteiger partial charge on any atom is -0.454 e. The third kappa shape index (κ3) is 3.55. The average Bonchev–Trinajstić information content (AvgIpc) is 3.58. The van der Waals surface area contributed by atoms with Gasteiger partial charge in [0.05, 0.1) is 24.3 Å². The molecule has 0 aliphatic carbocycles. The Kier molecular flexibility index (Phi) is 4.49. The SMILES string of the molecule is Cc1ccc(NC(=O)N2Cc3[nH]cnc3C[C@H]2c2nc(-c3ccc4c(c3)OCO4)no2)cc1. The minimum absolute atomic E-state index is 0.190. The molecule has 0 radical (unpaired) electrons. The standard InChI is InChI=1S/C23H20N6O4/c1-13-2-5-15(6-3-13)26-23(30)29-10-17-16(24-11-25-17)9-18(29)22-27-21(28-33-22)14-4-7-19-20(8-14)32-12-31-19/h2-8,11,18H,9-10,12H2,1H3,(H,24,25)(H,26,30)/t18-/m0/s1. The molecule has 4 heterocycles. The first-order valence-corrected chi connectivity index (χ1v) is 10.5. The maximum Gasteiger partial charge on any atom is 0.322 e. The fourth-order valence-electron chi connectivity index (χ4n) is 4.03. The van der Waals surface area contributed by atoms with Crippen molar-refractivity contribution in [3.8, 4) is 22.9 Å². The number of aromatic nitrogens is 4. The average molecular weight is 444 g/mol. The van der Waals surface area contributed by atoms with Gasteiger partial charge in [-0.2, -0.15) is 4.98 Å². The lowest BCUT2D eigenvalue weighted by Gasteiger charge is -2.32. The molecule has 2 aliphatic heterocycles. The van der Waals surface area contributed by atoms with Gasteiger partial charge in [-0.1, -0.05) is 22.9 Å². The normalized spacial score (nSPS) is 16.5. The summed E-state index contributed by atoms with van der Waals surface area (Å²) >= 11 is 0. The Morgan fingerprint density at radius 2 is 2.00 bits per heavy atom. The van der Waals surface area contributed by atoms with E-state index in [-0.39, 0.29) is 12.8 Å². The highest BCUT2D eigenvalue weighted by atomic mass is 16.7. The molecule has 33 heavy (non-hydrogen) atoms. The molecule has 0 bridgehead atoms. The summed E-state index contributed by atoms with van der Waals surface area (Å²) in [5.74, 6) is 2.07. The number of aryl methyl sites for hydroxylation is 1. The first-order valence-electron chi connectivity index (χ1n) is 10.5. The summed E-state index contributed by atoms with van der Waals surface area (Å²) in [6, 6.07) is 12.4. The number of carbonyl (C=O) groups excluding carboxylic acids is 1. The van der Waals surface area contributed by atoms with Crippen molar-refractivity contribution in [3.63, 3.8) is 0 Å². The number of aromatic amines is 1. The first kappa shape index (κ1) is 19.4. The lowest BCUT2D eigenvalue weighted by atomic mass is 10.0. The third-order valence-corrected chi connectivity index (χ3v) is 5.82. The van der Waals surface area contributed by atoms with Crippen molar-refractivity contribution in [1.82, 2.24) is 25.0 Å². The van der Waals surface area contributed by atoms with Gasteiger partial charge in [-0.15, -0.1) is 0 Å². The van der Waals surface area contributed by atoms with Crippen LogP contribution in [0.1, 0.15) is 28.9 Å². The number of nitrogens with one attached hydrogen (secondary N) is 2. The van der Waals surface area contributed by atoms with E-state index >= 15 is 0 Å². The fourth-order valence-corrected chi connectivity index (χ4v) is 4.03. The monoisotopic (exact) mass is 444 g/mol. The summed E-state index contributed by atoms with van der Waals surface area (Å²) in [4.78, 5) is 27.0. The van der Waals surface area contributed by atoms with E-state index in [1.807, 2.05) is 49.4 Å². The van der Waals surface area contributed by atoms with Crippen LogP contribution in [0.2, 0.25) is 0 Å². The van der Waals surface area contributed by atoms with Gasteiger partial charge in [-0.3, -0.25) is 0 Å². The summed E-state index contributed by atoms with van der Waals surface area (Å²) in [5.41, 5.74) is 4.34. The molecule has 0 saturated heterocycles. The Balaban J connectivity index is 1.30. The van der Waals surface area contributed by atoms with Crippen molar-refractivity contribution >= 4 is 11.7 Å². The molecule has 1 atom stereocenters. The molecule has 2 aliphatic rings. The van der Waals surface area contributed by atoms with Gasteiger partial charge < -0.3 is 29.2 Å². The Morgan fingerprint density at radius 1 is 1.15 bits per heavy atom. The highest BCUT2D eigenvalue weighted by molar-refractivity contribution is 5.89. The number of imidazole rings is 1. The minimum atomic E-state index is -0.457. The number of hydrogen-bond acceptors (Lipinski definition) is 7. The quantitative estimate of drug-likeness (QED) is 0.493. The summed E-state index contributed by atoms with van der Waals surface area (Å²) in [5, 5.41) is 7.11. The predicted octanol–water partition coefficient (Wildman–Crippen LogP) is 3.83. The summed E-state index contributed by atoms with van der Waals surface area (Å²) < 4.78 is 16.4. The number of hydrogen-bond donors (Lipinski definition) is 2. The molecule has 6 rings (SSSR count). The second-order valence-electron chi connectivity index (χ2n) is 8.00. The largest absolute Gasteiger partial charge is 0.454 e. The van der Waals surface area contributed by atoms with E-state index in [2.05, 4.69) is 25.4 Å². The van der Waals surface area contributed by atoms with Crippen molar-refractivity contribution in [2.45, 2.75) is 25.9 Å². The van der Waals surface area contributed by atoms with Gasteiger partial charge in [0, 0.05) is 17.7 Å². The van der Waals surface area contributed by atoms with Crippen LogP contribution >= 0.6 is 0 Å². The van der Waals surface area contributed by atoms with Crippen LogP contribution < -0.4 is 14.8 Å². The van der Waals surface area contributed by atoms with Gasteiger partial charge in [-0.25, -0.2) is 9.78 Å². The van der Waals surface area contributed by atoms with E-state index in [0.29, 0.717) is 41.9 Å². The number of fused-ring (bicyclic) bond motifs is 2. The van der Waals surface area contributed by atoms with E-state index in [1.54, 1.807) is 11.2 Å². The molecule has 10 nitrogen and oxygen atoms in total. The van der Waals surface area contributed by atoms with Crippen LogP contribution in [0.4, 0.5) is 10.5 Å². The zero-order valence-electron chi connectivity index (χ0n) is 17.7. The van der Waals surface area contributed by atoms with E-state index in [9.17, 15) is 4.79 Å². The summed E-state index contributed by atoms with van der Waals surface area (Å²) in [6.07, 6.45) is 2.10. The molecule has 0 saturated carbocycles. The number of nitrogens with zero attached hydrogens (tertiary/aromatic N) is 4. The van der Waals surface area contributed by atoms with E-state index < -0.39 is 6.04 Å². The molecular formula is C23H20N6O4. The Bertz CT molecular complexity index is 1330. The van der Waals surface area contributed by atoms with Crippen molar-refractivity contribution in [2.24, 2.45) is 0 Å². The topological polar surface area (TPSA) is 118 Å². The van der Waals surface area contributed by atoms with E-state index in [4.69, 9.17) is 14.0 Å². The highest BCUT2D eigenvalue weighted by Gasteiger charge is 2.36. The van der Waals surface area contributed by atoms with E-state index in [1.165, 1.54) is 0 Å². The Labute approximate surface area is 188 Å². The van der Waals surface area contributed by atoms with Gasteiger partial charge in [0.1, 0.15) is 6.04 Å². The Hall–Kier alpha value is -4.34. The van der Waals surface area contributed by atoms with Crippen molar-refractivity contribution in [3.05, 3.63) is 71.6 Å². The molecule has 0 spiro atoms. The number of benzene rings is 2. The maximum atomic E-state index is 13.2. The molecule has 10 heteroatoms. The Morgan fingerprint density at radius 3 is 2.88 bits per heavy atom. The van der Waals surface area contributed by atoms with Crippen LogP contribution in [-0.4, -0.2) is 37.8 Å². The van der Waals surface area contributed by atoms with Crippen molar-refractivity contribution < 1.29 is 18.8 Å². The zero-order chi connectivity index (χ0) is 22.4. The van der Waals surface area contributed by atoms with Crippen LogP contribution in [0, 0.1) is 6.92 Å². The number of rotatable bonds is 3. The lowest BCUT2D eigenvalue weighted by Crippen LogP contribution is -2.41. The predicted molar refractivity (Wildman–Crippen MR) is 117 cm³/mol. The molecule has 2 aromatic heterocycles. The number of urea groups is 1. The van der Waals surface area contributed by atoms with Gasteiger partial charge in [0.15, 0.2) is 11.5 Å². The maximum absolute atomic E-state index is 13.2. The second-order valence-corrected chi connectivity index (χ2v) is 8.00. The molecule has 4 aromatic rings. The molecule has 2 amide bonds. The molecule has 2 N–H and O–H groups in total. The van der Waals surface area contributed by atoms with Crippen LogP contribution in [0.25, 0.3) is 11.4 Å². The molecule has 0 unspecified atom stereocenters. The smallest absolute Gasteiger partial charge is 0.322 e. The number of anilines is 1. The number of amides is 2. The lowest BCUT2D eigenvalue weighted by molar-refractivity contribution is 0.155. The van der Waals surface area contributed by atoms with Gasteiger partial charge >= 0.3 is 6.03 Å². The summed E-state index contributed by atoms with van der Waals surface area (Å²) in [6.45, 7) is 2.54. The van der Waals surface area contributed by atoms with Crippen LogP contribution in [0.5, 0.6) is 11.5 Å². The fraction of sp³-hybridized carbons (Fsp3) is 0.217. The number of ether oxygens (including phenoxy) is 2. The molecule has 166 valence electrons. The van der Waals surface area contributed by atoms with Crippen LogP contribution in [-0.2, 0) is 13.0 Å². The van der Waals surface area contributed by atoms with Crippen LogP contribution in [0.3, 0.4) is 0 Å². The van der Waals surface area contributed by atoms with Gasteiger partial charge in [-0.05, 0) is 37.3 Å². The van der Waals surface area contributed by atoms with Gasteiger partial charge in [0.25, 0.3) is 0 Å². The van der Waals surface area contributed by atoms with Crippen molar-refractivity contribution in [2.75, 3.05) is 12.1 Å². The summed E-state index contributed by atoms with van der Waals surface area (Å²) in [7, 11) is 0. The van der Waals surface area contributed by atoms with Crippen LogP contribution in [0.15, 0.2) is 53.3 Å². The van der Waals surface area contributed by atoms with Gasteiger partial charge in [0.2, 0.25) is 18.5 Å². The number of H-pyrrole nitrogens is 1. The molecule has 0 fully saturated rings. The first-order chi connectivity index (χ1) is 16.1. The highest BCUT2D eigenvalue weighted by Crippen LogP contribution is 2.36.